The maximum absolute atomic E-state index is 14.9. The first-order valence-corrected chi connectivity index (χ1v) is 11.6. The zero-order valence-corrected chi connectivity index (χ0v) is 19.9. The summed E-state index contributed by atoms with van der Waals surface area (Å²) >= 11 is 0. The smallest absolute Gasteiger partial charge is 0.255 e. The fourth-order valence-electron chi connectivity index (χ4n) is 4.58. The molecule has 0 aliphatic carbocycles. The molecule has 3 unspecified atom stereocenters. The summed E-state index contributed by atoms with van der Waals surface area (Å²) in [5, 5.41) is 5.21. The molecule has 3 aliphatic heterocycles. The average Bonchev–Trinajstić information content (AvgIpc) is 3.25. The van der Waals surface area contributed by atoms with Gasteiger partial charge < -0.3 is 15.0 Å². The Morgan fingerprint density at radius 3 is 2.72 bits per heavy atom. The van der Waals surface area contributed by atoms with E-state index in [0.29, 0.717) is 16.8 Å². The lowest BCUT2D eigenvalue weighted by Crippen LogP contribution is -2.52. The minimum atomic E-state index is -2.65. The lowest BCUT2D eigenvalue weighted by molar-refractivity contribution is -0.136. The van der Waals surface area contributed by atoms with Gasteiger partial charge in [0.15, 0.2) is 0 Å². The lowest BCUT2D eigenvalue weighted by Gasteiger charge is -2.35. The van der Waals surface area contributed by atoms with Crippen LogP contribution < -0.4 is 10.6 Å². The van der Waals surface area contributed by atoms with Crippen LogP contribution in [0, 0.1) is 5.82 Å². The van der Waals surface area contributed by atoms with Gasteiger partial charge in [0.2, 0.25) is 11.8 Å². The number of hydrogen-bond donors (Lipinski definition) is 2. The number of morpholine rings is 1. The highest BCUT2D eigenvalue weighted by molar-refractivity contribution is 6.06. The number of amides is 3. The Hall–Kier alpha value is -3.30. The number of nitrogens with one attached hydrogen (secondary N) is 2. The number of carbonyl (C=O) groups is 3. The van der Waals surface area contributed by atoms with Crippen LogP contribution in [-0.2, 0) is 34.0 Å². The van der Waals surface area contributed by atoms with Crippen molar-refractivity contribution in [2.45, 2.75) is 64.5 Å². The van der Waals surface area contributed by atoms with E-state index >= 15 is 0 Å². The van der Waals surface area contributed by atoms with Crippen molar-refractivity contribution in [3.63, 3.8) is 0 Å². The van der Waals surface area contributed by atoms with E-state index in [1.54, 1.807) is 18.2 Å². The lowest BCUT2D eigenvalue weighted by atomic mass is 10.0. The molecule has 190 valence electrons. The Balaban J connectivity index is 1.37. The van der Waals surface area contributed by atoms with Crippen molar-refractivity contribution in [2.75, 3.05) is 18.3 Å². The Bertz CT molecular complexity index is 1500. The molecule has 2 saturated heterocycles. The van der Waals surface area contributed by atoms with E-state index in [9.17, 15) is 18.8 Å². The number of benzene rings is 2. The molecule has 3 heterocycles. The molecule has 0 saturated carbocycles. The second-order valence-corrected chi connectivity index (χ2v) is 8.85. The monoisotopic (exact) mass is 501 g/mol. The minimum Gasteiger partial charge on any atom is -0.381 e. The largest absolute Gasteiger partial charge is 0.381 e. The molecule has 2 fully saturated rings. The van der Waals surface area contributed by atoms with Crippen molar-refractivity contribution in [1.82, 2.24) is 15.1 Å². The molecular formula is C27H31FN4O4. The molecule has 9 heteroatoms. The third-order valence-electron chi connectivity index (χ3n) is 6.21. The quantitative estimate of drug-likeness (QED) is 0.592. The fourth-order valence-corrected chi connectivity index (χ4v) is 4.58. The third kappa shape index (κ3) is 4.99. The van der Waals surface area contributed by atoms with Crippen LogP contribution in [0.1, 0.15) is 63.3 Å². The van der Waals surface area contributed by atoms with E-state index < -0.39 is 54.7 Å². The Morgan fingerprint density at radius 2 is 1.97 bits per heavy atom. The van der Waals surface area contributed by atoms with Crippen LogP contribution in [0.3, 0.4) is 0 Å². The topological polar surface area (TPSA) is 91.0 Å². The highest BCUT2D eigenvalue weighted by atomic mass is 19.1. The molecule has 3 aliphatic rings. The molecule has 2 N–H and O–H groups in total. The summed E-state index contributed by atoms with van der Waals surface area (Å²) < 4.78 is 79.2. The van der Waals surface area contributed by atoms with Gasteiger partial charge in [-0.05, 0) is 50.1 Å². The highest BCUT2D eigenvalue weighted by Gasteiger charge is 2.39. The zero-order valence-electron chi connectivity index (χ0n) is 26.9. The number of halogens is 1. The molecule has 3 amide bonds. The van der Waals surface area contributed by atoms with Crippen LogP contribution in [0.5, 0.6) is 0 Å². The summed E-state index contributed by atoms with van der Waals surface area (Å²) in [4.78, 5) is 39.2. The van der Waals surface area contributed by atoms with Crippen molar-refractivity contribution < 1.29 is 33.1 Å². The number of piperidine rings is 1. The predicted molar refractivity (Wildman–Crippen MR) is 131 cm³/mol. The van der Waals surface area contributed by atoms with Crippen molar-refractivity contribution in [3.8, 4) is 0 Å². The molecule has 2 aromatic rings. The first kappa shape index (κ1) is 17.2. The third-order valence-corrected chi connectivity index (χ3v) is 6.21. The summed E-state index contributed by atoms with van der Waals surface area (Å²) in [6.07, 6.45) is -4.77. The van der Waals surface area contributed by atoms with Gasteiger partial charge in [0, 0.05) is 66.9 Å². The molecule has 36 heavy (non-hydrogen) atoms. The fraction of sp³-hybridized carbons (Fsp3) is 0.444. The van der Waals surface area contributed by atoms with E-state index in [-0.39, 0.29) is 43.6 Å². The highest BCUT2D eigenvalue weighted by Crippen LogP contribution is 2.32. The molecular weight excluding hydrogens is 463 g/mol. The second kappa shape index (κ2) is 9.99. The Kier molecular flexibility index (Phi) is 4.77. The number of imide groups is 1. The first-order valence-electron chi connectivity index (χ1n) is 15.1. The van der Waals surface area contributed by atoms with Gasteiger partial charge in [-0.2, -0.15) is 0 Å². The number of hydrogen-bond acceptors (Lipinski definition) is 6. The number of rotatable bonds is 6. The Labute approximate surface area is 219 Å². The number of nitrogens with zero attached hydrogens (tertiary/aromatic N) is 2. The van der Waals surface area contributed by atoms with Crippen LogP contribution >= 0.6 is 0 Å². The van der Waals surface area contributed by atoms with Crippen LogP contribution in [0.25, 0.3) is 0 Å². The number of anilines is 1. The van der Waals surface area contributed by atoms with E-state index in [1.807, 2.05) is 0 Å². The van der Waals surface area contributed by atoms with E-state index in [1.165, 1.54) is 12.1 Å². The molecule has 0 radical (unpaired) electrons. The summed E-state index contributed by atoms with van der Waals surface area (Å²) in [6.45, 7) is -3.61. The van der Waals surface area contributed by atoms with Crippen LogP contribution in [0.2, 0.25) is 0 Å². The van der Waals surface area contributed by atoms with Crippen LogP contribution in [0.15, 0.2) is 36.4 Å². The molecule has 0 bridgehead atoms. The van der Waals surface area contributed by atoms with Crippen molar-refractivity contribution in [2.24, 2.45) is 0 Å². The number of fused-ring (bicyclic) bond motifs is 1. The van der Waals surface area contributed by atoms with Crippen molar-refractivity contribution in [3.05, 3.63) is 64.5 Å². The summed E-state index contributed by atoms with van der Waals surface area (Å²) in [5.41, 5.74) is 1.71. The molecule has 0 spiro atoms. The first-order chi connectivity index (χ1) is 19.8. The van der Waals surface area contributed by atoms with Gasteiger partial charge in [0.05, 0.1) is 16.3 Å². The normalized spacial score (nSPS) is 36.4. The molecule has 3 atom stereocenters. The number of ether oxygens (including phenoxy) is 1. The predicted octanol–water partition coefficient (Wildman–Crippen LogP) is 2.81. The van der Waals surface area contributed by atoms with Gasteiger partial charge in [-0.25, -0.2) is 4.39 Å². The van der Waals surface area contributed by atoms with Gasteiger partial charge in [0.25, 0.3) is 5.91 Å². The molecule has 5 rings (SSSR count). The minimum absolute atomic E-state index is 0.0777. The van der Waals surface area contributed by atoms with Gasteiger partial charge in [-0.1, -0.05) is 12.1 Å². The van der Waals surface area contributed by atoms with Gasteiger partial charge >= 0.3 is 0 Å². The molecule has 8 nitrogen and oxygen atoms in total. The molecule has 2 aromatic carbocycles. The second-order valence-electron chi connectivity index (χ2n) is 8.85. The van der Waals surface area contributed by atoms with Gasteiger partial charge in [0.1, 0.15) is 11.8 Å². The number of carbonyl (C=O) groups excluding carboxylic acids is 3. The van der Waals surface area contributed by atoms with E-state index in [4.69, 9.17) is 14.3 Å². The van der Waals surface area contributed by atoms with Gasteiger partial charge in [-0.15, -0.1) is 0 Å². The summed E-state index contributed by atoms with van der Waals surface area (Å²) in [6, 6.07) is 6.83. The van der Waals surface area contributed by atoms with Crippen molar-refractivity contribution >= 4 is 23.4 Å². The van der Waals surface area contributed by atoms with E-state index in [2.05, 4.69) is 10.6 Å². The SMILES string of the molecule is [2H]C1(N2Cc3c(NCc4cc(CN5C([2H])([2H])C([2H])(C)OC([2H])(C)C5([2H])[2H])ccc4F)cccc3C2=O)CCC(=O)NC1=O. The van der Waals surface area contributed by atoms with Crippen molar-refractivity contribution in [1.29, 1.82) is 0 Å². The maximum atomic E-state index is 14.9. The summed E-state index contributed by atoms with van der Waals surface area (Å²) in [5.74, 6) is -2.52. The van der Waals surface area contributed by atoms with Crippen LogP contribution in [-0.4, -0.2) is 58.7 Å². The van der Waals surface area contributed by atoms with E-state index in [0.717, 1.165) is 29.7 Å². The zero-order chi connectivity index (χ0) is 31.8. The Morgan fingerprint density at radius 1 is 1.19 bits per heavy atom. The van der Waals surface area contributed by atoms with Gasteiger partial charge in [-0.3, -0.25) is 24.6 Å². The maximum Gasteiger partial charge on any atom is 0.255 e. The molecule has 0 aromatic heterocycles. The van der Waals surface area contributed by atoms with Crippen LogP contribution in [0.4, 0.5) is 10.1 Å². The average molecular weight is 502 g/mol. The summed E-state index contributed by atoms with van der Waals surface area (Å²) in [7, 11) is 0. The standard InChI is InChI=1S/C27H31FN4O4/c1-16-12-31(13-17(2)36-16)14-18-6-7-22(28)19(10-18)11-29-23-5-3-4-20-21(23)15-32(27(20)35)24-8-9-25(33)30-26(24)34/h3-7,10,16-17,24,29H,8-9,11-15H2,1-2H3,(H,30,33,34)/i12D2,13D2,16D,17D,24D.